The summed E-state index contributed by atoms with van der Waals surface area (Å²) in [5.41, 5.74) is 2.25. The van der Waals surface area contributed by atoms with Gasteiger partial charge in [0.2, 0.25) is 0 Å². The summed E-state index contributed by atoms with van der Waals surface area (Å²) in [7, 11) is 0. The van der Waals surface area contributed by atoms with Crippen LogP contribution in [0.25, 0.3) is 0 Å². The highest BCUT2D eigenvalue weighted by molar-refractivity contribution is 6.55. The Balaban J connectivity index is 1.78. The van der Waals surface area contributed by atoms with Gasteiger partial charge in [0.05, 0.1) is 32.3 Å². The van der Waals surface area contributed by atoms with Crippen LogP contribution in [0.15, 0.2) is 48.5 Å². The first-order chi connectivity index (χ1) is 14.3. The molecule has 0 aliphatic rings. The van der Waals surface area contributed by atoms with Crippen molar-refractivity contribution in [1.29, 1.82) is 5.26 Å². The van der Waals surface area contributed by atoms with Gasteiger partial charge in [0.15, 0.2) is 5.75 Å². The summed E-state index contributed by atoms with van der Waals surface area (Å²) < 4.78 is 5.28. The first kappa shape index (κ1) is 22.3. The van der Waals surface area contributed by atoms with Gasteiger partial charge in [-0.1, -0.05) is 69.8 Å². The third-order valence-electron chi connectivity index (χ3n) is 3.85. The largest absolute Gasteiger partial charge is 0.420 e. The highest BCUT2D eigenvalue weighted by Gasteiger charge is 2.23. The van der Waals surface area contributed by atoms with E-state index in [1.807, 2.05) is 6.07 Å². The van der Waals surface area contributed by atoms with Crippen LogP contribution < -0.4 is 4.74 Å². The molecule has 3 aromatic rings. The number of carbonyl (C=O) groups is 1. The molecule has 0 unspecified atom stereocenters. The lowest BCUT2D eigenvalue weighted by Gasteiger charge is -2.12. The lowest BCUT2D eigenvalue weighted by Crippen LogP contribution is -2.09. The molecule has 0 amide bonds. The molecule has 3 rings (SSSR count). The summed E-state index contributed by atoms with van der Waals surface area (Å²) in [6.07, 6.45) is 0. The van der Waals surface area contributed by atoms with E-state index in [0.717, 1.165) is 5.56 Å². The SMILES string of the molecule is N#Cc1ccc(C#Cc2ccc(C(=O)Oc3c(Cl)c(Cl)c(Cl)c(Cl)c3Cl)cc2)cc1. The van der Waals surface area contributed by atoms with Gasteiger partial charge < -0.3 is 4.74 Å². The van der Waals surface area contributed by atoms with E-state index in [1.54, 1.807) is 48.5 Å². The number of hydrogen-bond donors (Lipinski definition) is 0. The zero-order valence-electron chi connectivity index (χ0n) is 14.8. The molecule has 148 valence electrons. The van der Waals surface area contributed by atoms with Crippen molar-refractivity contribution >= 4 is 64.0 Å². The summed E-state index contributed by atoms with van der Waals surface area (Å²) in [6.45, 7) is 0. The standard InChI is InChI=1S/C22H8Cl5NO2/c23-16-17(24)19(26)21(20(27)18(16)25)30-22(29)15-9-7-13(8-10-15)2-1-12-3-5-14(11-28)6-4-12/h3-10H. The molecule has 0 aliphatic carbocycles. The van der Waals surface area contributed by atoms with Crippen molar-refractivity contribution in [1.82, 2.24) is 0 Å². The first-order valence-corrected chi connectivity index (χ1v) is 10.1. The van der Waals surface area contributed by atoms with Crippen LogP contribution in [0, 0.1) is 23.2 Å². The molecule has 0 heterocycles. The average molecular weight is 496 g/mol. The Morgan fingerprint density at radius 1 is 0.667 bits per heavy atom. The topological polar surface area (TPSA) is 50.1 Å². The molecular formula is C22H8Cl5NO2. The van der Waals surface area contributed by atoms with Crippen LogP contribution in [0.1, 0.15) is 27.0 Å². The second-order valence-corrected chi connectivity index (χ2v) is 7.69. The molecule has 0 bridgehead atoms. The molecule has 0 saturated carbocycles. The van der Waals surface area contributed by atoms with Gasteiger partial charge in [0, 0.05) is 11.1 Å². The van der Waals surface area contributed by atoms with Crippen LogP contribution in [0.2, 0.25) is 25.1 Å². The maximum atomic E-state index is 12.5. The summed E-state index contributed by atoms with van der Waals surface area (Å²) in [6, 6.07) is 15.4. The Bertz CT molecular complexity index is 1210. The number of nitriles is 1. The average Bonchev–Trinajstić information content (AvgIpc) is 2.78. The van der Waals surface area contributed by atoms with Crippen LogP contribution in [0.3, 0.4) is 0 Å². The fourth-order valence-corrected chi connectivity index (χ4v) is 3.49. The number of benzene rings is 3. The molecule has 30 heavy (non-hydrogen) atoms. The van der Waals surface area contributed by atoms with E-state index in [2.05, 4.69) is 11.8 Å². The predicted octanol–water partition coefficient (Wildman–Crippen LogP) is 7.44. The summed E-state index contributed by atoms with van der Waals surface area (Å²) >= 11 is 30.0. The smallest absolute Gasteiger partial charge is 0.343 e. The Hall–Kier alpha value is -2.37. The van der Waals surface area contributed by atoms with Gasteiger partial charge in [-0.05, 0) is 48.5 Å². The van der Waals surface area contributed by atoms with Gasteiger partial charge >= 0.3 is 5.97 Å². The second-order valence-electron chi connectivity index (χ2n) is 5.81. The summed E-state index contributed by atoms with van der Waals surface area (Å²) in [5, 5.41) is 8.42. The Morgan fingerprint density at radius 3 is 1.53 bits per heavy atom. The zero-order valence-corrected chi connectivity index (χ0v) is 18.6. The van der Waals surface area contributed by atoms with Gasteiger partial charge in [0.1, 0.15) is 10.0 Å². The number of halogens is 5. The molecule has 0 fully saturated rings. The van der Waals surface area contributed by atoms with Crippen LogP contribution in [-0.4, -0.2) is 5.97 Å². The predicted molar refractivity (Wildman–Crippen MR) is 120 cm³/mol. The van der Waals surface area contributed by atoms with Crippen molar-refractivity contribution in [3.63, 3.8) is 0 Å². The molecule has 0 aromatic heterocycles. The minimum atomic E-state index is -0.708. The molecule has 0 N–H and O–H groups in total. The first-order valence-electron chi connectivity index (χ1n) is 8.17. The molecular weight excluding hydrogens is 488 g/mol. The van der Waals surface area contributed by atoms with Crippen molar-refractivity contribution in [3.05, 3.63) is 95.9 Å². The number of carbonyl (C=O) groups excluding carboxylic acids is 1. The van der Waals surface area contributed by atoms with Crippen molar-refractivity contribution in [2.75, 3.05) is 0 Å². The maximum Gasteiger partial charge on any atom is 0.343 e. The van der Waals surface area contributed by atoms with Crippen LogP contribution >= 0.6 is 58.0 Å². The molecule has 3 aromatic carbocycles. The number of hydrogen-bond acceptors (Lipinski definition) is 3. The molecule has 8 heteroatoms. The Kier molecular flexibility index (Phi) is 7.16. The molecule has 0 aliphatic heterocycles. The number of ether oxygens (including phenoxy) is 1. The van der Waals surface area contributed by atoms with Crippen LogP contribution in [-0.2, 0) is 0 Å². The number of esters is 1. The summed E-state index contributed by atoms with van der Waals surface area (Å²) in [5.74, 6) is 5.08. The molecule has 0 spiro atoms. The third kappa shape index (κ3) is 4.85. The summed E-state index contributed by atoms with van der Waals surface area (Å²) in [4.78, 5) is 12.5. The van der Waals surface area contributed by atoms with Crippen molar-refractivity contribution in [2.24, 2.45) is 0 Å². The monoisotopic (exact) mass is 493 g/mol. The molecule has 0 atom stereocenters. The van der Waals surface area contributed by atoms with E-state index < -0.39 is 5.97 Å². The van der Waals surface area contributed by atoms with Crippen LogP contribution in [0.4, 0.5) is 0 Å². The van der Waals surface area contributed by atoms with Gasteiger partial charge in [-0.3, -0.25) is 0 Å². The lowest BCUT2D eigenvalue weighted by atomic mass is 10.1. The van der Waals surface area contributed by atoms with Gasteiger partial charge in [-0.25, -0.2) is 4.79 Å². The normalized spacial score (nSPS) is 10.0. The highest BCUT2D eigenvalue weighted by atomic mass is 35.5. The minimum absolute atomic E-state index is 0.0293. The second kappa shape index (κ2) is 9.63. The Morgan fingerprint density at radius 2 is 1.07 bits per heavy atom. The fraction of sp³-hybridized carbons (Fsp3) is 0. The highest BCUT2D eigenvalue weighted by Crippen LogP contribution is 2.48. The molecule has 0 radical (unpaired) electrons. The third-order valence-corrected chi connectivity index (χ3v) is 6.09. The maximum absolute atomic E-state index is 12.5. The molecule has 0 saturated heterocycles. The van der Waals surface area contributed by atoms with Crippen molar-refractivity contribution in [3.8, 4) is 23.7 Å². The fourth-order valence-electron chi connectivity index (χ4n) is 2.29. The van der Waals surface area contributed by atoms with Crippen molar-refractivity contribution < 1.29 is 9.53 Å². The number of rotatable bonds is 2. The van der Waals surface area contributed by atoms with Crippen LogP contribution in [0.5, 0.6) is 5.75 Å². The van der Waals surface area contributed by atoms with Crippen molar-refractivity contribution in [2.45, 2.75) is 0 Å². The van der Waals surface area contributed by atoms with Gasteiger partial charge in [-0.2, -0.15) is 5.26 Å². The minimum Gasteiger partial charge on any atom is -0.420 e. The van der Waals surface area contributed by atoms with E-state index in [-0.39, 0.29) is 36.4 Å². The molecule has 3 nitrogen and oxygen atoms in total. The van der Waals surface area contributed by atoms with Gasteiger partial charge in [0.25, 0.3) is 0 Å². The van der Waals surface area contributed by atoms with E-state index in [1.165, 1.54) is 0 Å². The quantitative estimate of drug-likeness (QED) is 0.122. The zero-order chi connectivity index (χ0) is 21.8. The van der Waals surface area contributed by atoms with Gasteiger partial charge in [-0.15, -0.1) is 0 Å². The lowest BCUT2D eigenvalue weighted by molar-refractivity contribution is 0.0735. The van der Waals surface area contributed by atoms with E-state index in [4.69, 9.17) is 68.0 Å². The number of nitrogens with zero attached hydrogens (tertiary/aromatic N) is 1. The van der Waals surface area contributed by atoms with E-state index in [9.17, 15) is 4.79 Å². The van der Waals surface area contributed by atoms with E-state index in [0.29, 0.717) is 11.1 Å². The van der Waals surface area contributed by atoms with E-state index >= 15 is 0 Å². The Labute approximate surface area is 197 Å².